The van der Waals surface area contributed by atoms with E-state index in [1.54, 1.807) is 18.3 Å². The molecule has 0 bridgehead atoms. The molecule has 0 atom stereocenters. The molecule has 0 spiro atoms. The average Bonchev–Trinajstić information content (AvgIpc) is 2.81. The molecule has 174 valence electrons. The van der Waals surface area contributed by atoms with Crippen LogP contribution in [0.2, 0.25) is 0 Å². The number of ether oxygens (including phenoxy) is 2. The number of hydrogen-bond donors (Lipinski definition) is 3. The summed E-state index contributed by atoms with van der Waals surface area (Å²) in [4.78, 5) is 20.8. The number of nitrogens with one attached hydrogen (secondary N) is 2. The summed E-state index contributed by atoms with van der Waals surface area (Å²) in [5.41, 5.74) is 8.49. The lowest BCUT2D eigenvalue weighted by atomic mass is 9.80. The Morgan fingerprint density at radius 2 is 2.18 bits per heavy atom. The number of benzene rings is 1. The lowest BCUT2D eigenvalue weighted by Gasteiger charge is -2.32. The first-order valence-electron chi connectivity index (χ1n) is 11.0. The van der Waals surface area contributed by atoms with Gasteiger partial charge in [0, 0.05) is 41.9 Å². The molecule has 10 heteroatoms. The highest BCUT2D eigenvalue weighted by Crippen LogP contribution is 2.39. The smallest absolute Gasteiger partial charge is 0.413 e. The SMILES string of the molecule is Cc1c(-c2cc3cc(NC(=O)O[C@H]4C[C@H](CC#N)C4)ncc3c(N)c2F)cnc2c1NCCO2. The molecule has 3 aromatic rings. The summed E-state index contributed by atoms with van der Waals surface area (Å²) in [7, 11) is 0. The predicted octanol–water partition coefficient (Wildman–Crippen LogP) is 4.37. The quantitative estimate of drug-likeness (QED) is 0.487. The molecule has 1 aliphatic heterocycles. The number of nitrogens with two attached hydrogens (primary N) is 1. The predicted molar refractivity (Wildman–Crippen MR) is 125 cm³/mol. The van der Waals surface area contributed by atoms with Crippen molar-refractivity contribution >= 4 is 34.1 Å². The number of rotatable bonds is 4. The number of aromatic nitrogens is 2. The molecule has 0 unspecified atom stereocenters. The lowest BCUT2D eigenvalue weighted by Crippen LogP contribution is -2.34. The Morgan fingerprint density at radius 1 is 1.35 bits per heavy atom. The summed E-state index contributed by atoms with van der Waals surface area (Å²) in [5, 5.41) is 15.6. The van der Waals surface area contributed by atoms with Gasteiger partial charge in [0.05, 0.1) is 11.8 Å². The standard InChI is InChI=1S/C24H23FN6O3/c1-12-17(10-30-23-22(12)28-4-5-33-23)16-8-14-9-19(29-11-18(14)21(27)20(16)25)31-24(32)34-15-6-13(7-15)2-3-26/h8-11,13,15,28H,2,4-7,27H2,1H3,(H,29,31,32)/t13-,15-. The van der Waals surface area contributed by atoms with Crippen LogP contribution in [0.3, 0.4) is 0 Å². The van der Waals surface area contributed by atoms with Crippen molar-refractivity contribution in [2.75, 3.05) is 29.5 Å². The minimum absolute atomic E-state index is 0.0338. The molecule has 2 aliphatic rings. The van der Waals surface area contributed by atoms with Gasteiger partial charge < -0.3 is 20.5 Å². The molecule has 0 saturated heterocycles. The van der Waals surface area contributed by atoms with Gasteiger partial charge in [-0.1, -0.05) is 0 Å². The van der Waals surface area contributed by atoms with Crippen LogP contribution < -0.4 is 21.1 Å². The number of pyridine rings is 2. The molecule has 2 aromatic heterocycles. The van der Waals surface area contributed by atoms with Crippen LogP contribution in [0, 0.1) is 30.0 Å². The van der Waals surface area contributed by atoms with Crippen molar-refractivity contribution in [3.63, 3.8) is 0 Å². The van der Waals surface area contributed by atoms with E-state index in [9.17, 15) is 4.79 Å². The highest BCUT2D eigenvalue weighted by atomic mass is 19.1. The number of halogens is 1. The Labute approximate surface area is 195 Å². The van der Waals surface area contributed by atoms with E-state index < -0.39 is 11.9 Å². The van der Waals surface area contributed by atoms with Crippen molar-refractivity contribution in [3.05, 3.63) is 35.9 Å². The maximum Gasteiger partial charge on any atom is 0.413 e. The van der Waals surface area contributed by atoms with Crippen molar-refractivity contribution in [3.8, 4) is 23.1 Å². The molecule has 0 radical (unpaired) electrons. The van der Waals surface area contributed by atoms with Crippen LogP contribution in [0.5, 0.6) is 5.88 Å². The number of nitrogen functional groups attached to an aromatic ring is 1. The van der Waals surface area contributed by atoms with Gasteiger partial charge in [-0.2, -0.15) is 5.26 Å². The minimum atomic E-state index is -0.622. The van der Waals surface area contributed by atoms with E-state index >= 15 is 4.39 Å². The van der Waals surface area contributed by atoms with Gasteiger partial charge in [-0.05, 0) is 48.8 Å². The fourth-order valence-electron chi connectivity index (χ4n) is 4.41. The second kappa shape index (κ2) is 8.67. The molecule has 5 rings (SSSR count). The first kappa shape index (κ1) is 21.7. The topological polar surface area (TPSA) is 135 Å². The zero-order valence-corrected chi connectivity index (χ0v) is 18.5. The average molecular weight is 462 g/mol. The van der Waals surface area contributed by atoms with Gasteiger partial charge in [0.1, 0.15) is 24.2 Å². The number of amides is 1. The maximum atomic E-state index is 15.3. The van der Waals surface area contributed by atoms with E-state index in [0.717, 1.165) is 11.3 Å². The number of fused-ring (bicyclic) bond motifs is 2. The third-order valence-corrected chi connectivity index (χ3v) is 6.31. The molecule has 3 heterocycles. The van der Waals surface area contributed by atoms with Crippen molar-refractivity contribution in [1.29, 1.82) is 5.26 Å². The van der Waals surface area contributed by atoms with Gasteiger partial charge in [-0.25, -0.2) is 19.2 Å². The second-order valence-corrected chi connectivity index (χ2v) is 8.55. The van der Waals surface area contributed by atoms with Gasteiger partial charge >= 0.3 is 6.09 Å². The molecule has 1 aromatic carbocycles. The summed E-state index contributed by atoms with van der Waals surface area (Å²) in [6.07, 6.45) is 4.00. The largest absolute Gasteiger partial charge is 0.474 e. The van der Waals surface area contributed by atoms with Crippen molar-refractivity contribution in [2.45, 2.75) is 32.3 Å². The van der Waals surface area contributed by atoms with Crippen LogP contribution in [-0.4, -0.2) is 35.3 Å². The molecular formula is C24H23FN6O3. The minimum Gasteiger partial charge on any atom is -0.474 e. The van der Waals surface area contributed by atoms with Crippen LogP contribution in [0.1, 0.15) is 24.8 Å². The van der Waals surface area contributed by atoms with Gasteiger partial charge in [-0.3, -0.25) is 5.32 Å². The summed E-state index contributed by atoms with van der Waals surface area (Å²) in [6.45, 7) is 3.02. The normalized spacial score (nSPS) is 18.6. The van der Waals surface area contributed by atoms with Crippen molar-refractivity contribution in [1.82, 2.24) is 9.97 Å². The Bertz CT molecular complexity index is 1330. The third-order valence-electron chi connectivity index (χ3n) is 6.31. The highest BCUT2D eigenvalue weighted by molar-refractivity contribution is 5.99. The van der Waals surface area contributed by atoms with E-state index in [-0.39, 0.29) is 23.5 Å². The van der Waals surface area contributed by atoms with Crippen LogP contribution in [0.25, 0.3) is 21.9 Å². The van der Waals surface area contributed by atoms with Gasteiger partial charge in [0.2, 0.25) is 5.88 Å². The zero-order chi connectivity index (χ0) is 23.8. The number of nitrogens with zero attached hydrogens (tertiary/aromatic N) is 3. The fourth-order valence-corrected chi connectivity index (χ4v) is 4.41. The highest BCUT2D eigenvalue weighted by Gasteiger charge is 2.32. The summed E-state index contributed by atoms with van der Waals surface area (Å²) in [6, 6.07) is 5.41. The zero-order valence-electron chi connectivity index (χ0n) is 18.5. The van der Waals surface area contributed by atoms with Crippen molar-refractivity contribution < 1.29 is 18.7 Å². The molecule has 1 amide bonds. The number of hydrogen-bond acceptors (Lipinski definition) is 8. The summed E-state index contributed by atoms with van der Waals surface area (Å²) in [5.74, 6) is 0.466. The number of nitriles is 1. The van der Waals surface area contributed by atoms with Crippen molar-refractivity contribution in [2.24, 2.45) is 5.92 Å². The van der Waals surface area contributed by atoms with Crippen LogP contribution in [-0.2, 0) is 4.74 Å². The van der Waals surface area contributed by atoms with Gasteiger partial charge in [0.15, 0.2) is 5.82 Å². The van der Waals surface area contributed by atoms with Crippen LogP contribution >= 0.6 is 0 Å². The first-order chi connectivity index (χ1) is 16.4. The molecule has 1 saturated carbocycles. The lowest BCUT2D eigenvalue weighted by molar-refractivity contribution is 0.0264. The Hall–Kier alpha value is -4.13. The second-order valence-electron chi connectivity index (χ2n) is 8.55. The van der Waals surface area contributed by atoms with E-state index in [1.807, 2.05) is 6.92 Å². The molecular weight excluding hydrogens is 439 g/mol. The molecule has 4 N–H and O–H groups in total. The van der Waals surface area contributed by atoms with Crippen LogP contribution in [0.4, 0.5) is 26.4 Å². The van der Waals surface area contributed by atoms with E-state index in [2.05, 4.69) is 26.7 Å². The summed E-state index contributed by atoms with van der Waals surface area (Å²) >= 11 is 0. The van der Waals surface area contributed by atoms with Gasteiger partial charge in [-0.15, -0.1) is 0 Å². The molecule has 9 nitrogen and oxygen atoms in total. The number of anilines is 3. The van der Waals surface area contributed by atoms with Crippen LogP contribution in [0.15, 0.2) is 24.5 Å². The maximum absolute atomic E-state index is 15.3. The number of carbonyl (C=O) groups is 1. The molecule has 1 aliphatic carbocycles. The molecule has 1 fully saturated rings. The summed E-state index contributed by atoms with van der Waals surface area (Å²) < 4.78 is 26.2. The Morgan fingerprint density at radius 3 is 2.97 bits per heavy atom. The van der Waals surface area contributed by atoms with E-state index in [4.69, 9.17) is 20.5 Å². The van der Waals surface area contributed by atoms with E-state index in [0.29, 0.717) is 60.2 Å². The third kappa shape index (κ3) is 3.90. The number of carbonyl (C=O) groups excluding carboxylic acids is 1. The Balaban J connectivity index is 1.42. The fraction of sp³-hybridized carbons (Fsp3) is 0.333. The molecule has 34 heavy (non-hydrogen) atoms. The van der Waals surface area contributed by atoms with Gasteiger partial charge in [0.25, 0.3) is 0 Å². The Kier molecular flexibility index (Phi) is 5.53. The van der Waals surface area contributed by atoms with E-state index in [1.165, 1.54) is 6.20 Å². The first-order valence-corrected chi connectivity index (χ1v) is 11.0. The monoisotopic (exact) mass is 462 g/mol.